The lowest BCUT2D eigenvalue weighted by molar-refractivity contribution is 0.627. The number of thioether (sulfide) groups is 1. The van der Waals surface area contributed by atoms with Gasteiger partial charge in [-0.05, 0) is 37.1 Å². The smallest absolute Gasteiger partial charge is 0.0378 e. The van der Waals surface area contributed by atoms with Gasteiger partial charge in [0.05, 0.1) is 0 Å². The van der Waals surface area contributed by atoms with Crippen molar-refractivity contribution >= 4 is 17.4 Å². The topological polar surface area (TPSA) is 29.3 Å². The molecule has 1 aliphatic heterocycles. The van der Waals surface area contributed by atoms with Crippen LogP contribution in [0.5, 0.6) is 0 Å². The van der Waals surface area contributed by atoms with Crippen LogP contribution in [0.2, 0.25) is 0 Å². The molecule has 1 fully saturated rings. The van der Waals surface area contributed by atoms with Crippen LogP contribution in [0.3, 0.4) is 0 Å². The summed E-state index contributed by atoms with van der Waals surface area (Å²) in [7, 11) is 0. The summed E-state index contributed by atoms with van der Waals surface area (Å²) < 4.78 is 0. The van der Waals surface area contributed by atoms with Gasteiger partial charge in [-0.3, -0.25) is 0 Å². The first-order valence-electron chi connectivity index (χ1n) is 6.31. The summed E-state index contributed by atoms with van der Waals surface area (Å²) >= 11 is 2.07. The van der Waals surface area contributed by atoms with Gasteiger partial charge < -0.3 is 10.6 Å². The Balaban J connectivity index is 2.24. The molecule has 0 spiro atoms. The number of benzene rings is 1. The minimum atomic E-state index is 0.608. The van der Waals surface area contributed by atoms with E-state index in [0.29, 0.717) is 17.8 Å². The largest absolute Gasteiger partial charge is 0.367 e. The first-order chi connectivity index (χ1) is 8.13. The number of anilines is 1. The van der Waals surface area contributed by atoms with Gasteiger partial charge in [0.15, 0.2) is 0 Å². The molecule has 94 valence electrons. The summed E-state index contributed by atoms with van der Waals surface area (Å²) in [5.41, 5.74) is 9.62. The molecule has 0 saturated carbocycles. The number of aryl methyl sites for hydroxylation is 1. The highest BCUT2D eigenvalue weighted by Crippen LogP contribution is 2.29. The summed E-state index contributed by atoms with van der Waals surface area (Å²) in [6, 6.07) is 7.27. The van der Waals surface area contributed by atoms with Gasteiger partial charge in [-0.25, -0.2) is 0 Å². The van der Waals surface area contributed by atoms with Crippen LogP contribution in [0.1, 0.15) is 25.0 Å². The summed E-state index contributed by atoms with van der Waals surface area (Å²) in [6.45, 7) is 8.58. The average Bonchev–Trinajstić information content (AvgIpc) is 2.32. The lowest BCUT2D eigenvalue weighted by Crippen LogP contribution is -2.44. The van der Waals surface area contributed by atoms with Crippen molar-refractivity contribution in [1.29, 1.82) is 0 Å². The van der Waals surface area contributed by atoms with Crippen LogP contribution in [0.4, 0.5) is 5.69 Å². The summed E-state index contributed by atoms with van der Waals surface area (Å²) in [4.78, 5) is 2.52. The molecule has 0 aromatic heterocycles. The van der Waals surface area contributed by atoms with Gasteiger partial charge in [0.1, 0.15) is 0 Å². The van der Waals surface area contributed by atoms with Crippen molar-refractivity contribution in [2.75, 3.05) is 17.2 Å². The van der Waals surface area contributed by atoms with Crippen LogP contribution >= 0.6 is 11.8 Å². The van der Waals surface area contributed by atoms with Gasteiger partial charge in [0.2, 0.25) is 0 Å². The van der Waals surface area contributed by atoms with Crippen molar-refractivity contribution in [1.82, 2.24) is 0 Å². The fraction of sp³-hybridized carbons (Fsp3) is 0.571. The summed E-state index contributed by atoms with van der Waals surface area (Å²) in [6.07, 6.45) is 0. The van der Waals surface area contributed by atoms with Gasteiger partial charge in [-0.15, -0.1) is 0 Å². The lowest BCUT2D eigenvalue weighted by Gasteiger charge is -2.39. The Kier molecular flexibility index (Phi) is 4.00. The van der Waals surface area contributed by atoms with Gasteiger partial charge in [0, 0.05) is 35.8 Å². The second kappa shape index (κ2) is 5.32. The predicted molar refractivity (Wildman–Crippen MR) is 77.8 cm³/mol. The van der Waals surface area contributed by atoms with Crippen LogP contribution in [0.15, 0.2) is 18.2 Å². The molecule has 2 atom stereocenters. The highest BCUT2D eigenvalue weighted by Gasteiger charge is 2.25. The number of hydrogen-bond donors (Lipinski definition) is 1. The second-order valence-electron chi connectivity index (χ2n) is 4.82. The molecule has 1 saturated heterocycles. The zero-order chi connectivity index (χ0) is 12.4. The van der Waals surface area contributed by atoms with Gasteiger partial charge in [-0.2, -0.15) is 11.8 Å². The molecule has 17 heavy (non-hydrogen) atoms. The second-order valence-corrected chi connectivity index (χ2v) is 6.31. The van der Waals surface area contributed by atoms with Crippen molar-refractivity contribution in [3.63, 3.8) is 0 Å². The van der Waals surface area contributed by atoms with Gasteiger partial charge in [-0.1, -0.05) is 13.0 Å². The van der Waals surface area contributed by atoms with Crippen molar-refractivity contribution in [2.24, 2.45) is 5.73 Å². The third kappa shape index (κ3) is 2.61. The molecule has 1 aromatic rings. The number of nitrogens with two attached hydrogens (primary N) is 1. The van der Waals surface area contributed by atoms with E-state index in [4.69, 9.17) is 5.73 Å². The zero-order valence-corrected chi connectivity index (χ0v) is 11.8. The Hall–Kier alpha value is -0.670. The van der Waals surface area contributed by atoms with Gasteiger partial charge >= 0.3 is 0 Å². The SMILES string of the molecule is Cc1cc(N2CCSC(C)C2C)ccc1CN. The molecular weight excluding hydrogens is 228 g/mol. The normalized spacial score (nSPS) is 25.1. The molecule has 1 heterocycles. The van der Waals surface area contributed by atoms with Crippen LogP contribution in [-0.2, 0) is 6.54 Å². The molecular formula is C14H22N2S. The number of hydrogen-bond acceptors (Lipinski definition) is 3. The minimum absolute atomic E-state index is 0.608. The quantitative estimate of drug-likeness (QED) is 0.875. The average molecular weight is 250 g/mol. The van der Waals surface area contributed by atoms with Gasteiger partial charge in [0.25, 0.3) is 0 Å². The van der Waals surface area contributed by atoms with E-state index >= 15 is 0 Å². The molecule has 2 unspecified atom stereocenters. The first-order valence-corrected chi connectivity index (χ1v) is 7.36. The van der Waals surface area contributed by atoms with E-state index in [2.05, 4.69) is 55.6 Å². The van der Waals surface area contributed by atoms with Crippen LogP contribution < -0.4 is 10.6 Å². The third-order valence-electron chi connectivity index (χ3n) is 3.76. The van der Waals surface area contributed by atoms with Crippen molar-refractivity contribution in [3.8, 4) is 0 Å². The molecule has 3 heteroatoms. The van der Waals surface area contributed by atoms with Crippen LogP contribution in [0.25, 0.3) is 0 Å². The third-order valence-corrected chi connectivity index (χ3v) is 5.10. The highest BCUT2D eigenvalue weighted by atomic mass is 32.2. The fourth-order valence-electron chi connectivity index (χ4n) is 2.39. The van der Waals surface area contributed by atoms with Crippen molar-refractivity contribution in [3.05, 3.63) is 29.3 Å². The maximum Gasteiger partial charge on any atom is 0.0378 e. The Morgan fingerprint density at radius 3 is 2.82 bits per heavy atom. The molecule has 0 radical (unpaired) electrons. The van der Waals surface area contributed by atoms with E-state index in [-0.39, 0.29) is 0 Å². The first kappa shape index (κ1) is 12.8. The minimum Gasteiger partial charge on any atom is -0.367 e. The molecule has 0 amide bonds. The van der Waals surface area contributed by atoms with Crippen molar-refractivity contribution in [2.45, 2.75) is 38.6 Å². The van der Waals surface area contributed by atoms with E-state index in [0.717, 1.165) is 6.54 Å². The van der Waals surface area contributed by atoms with Crippen molar-refractivity contribution < 1.29 is 0 Å². The standard InChI is InChI=1S/C14H22N2S/c1-10-8-14(5-4-13(10)9-15)16-6-7-17-12(3)11(16)2/h4-5,8,11-12H,6-7,9,15H2,1-3H3. The molecule has 1 aliphatic rings. The van der Waals surface area contributed by atoms with E-state index in [1.807, 2.05) is 0 Å². The molecule has 0 bridgehead atoms. The Labute approximate surface area is 109 Å². The van der Waals surface area contributed by atoms with E-state index in [1.165, 1.54) is 22.6 Å². The van der Waals surface area contributed by atoms with Crippen LogP contribution in [0, 0.1) is 6.92 Å². The Morgan fingerprint density at radius 1 is 1.41 bits per heavy atom. The molecule has 1 aromatic carbocycles. The van der Waals surface area contributed by atoms with E-state index in [1.54, 1.807) is 0 Å². The number of nitrogens with zero attached hydrogens (tertiary/aromatic N) is 1. The molecule has 2 N–H and O–H groups in total. The van der Waals surface area contributed by atoms with Crippen LogP contribution in [-0.4, -0.2) is 23.6 Å². The zero-order valence-electron chi connectivity index (χ0n) is 10.9. The van der Waals surface area contributed by atoms with E-state index < -0.39 is 0 Å². The summed E-state index contributed by atoms with van der Waals surface area (Å²) in [5, 5.41) is 0.707. The monoisotopic (exact) mass is 250 g/mol. The Morgan fingerprint density at radius 2 is 2.18 bits per heavy atom. The highest BCUT2D eigenvalue weighted by molar-refractivity contribution is 8.00. The maximum atomic E-state index is 5.71. The Bertz CT molecular complexity index is 392. The predicted octanol–water partition coefficient (Wildman–Crippen LogP) is 2.78. The fourth-order valence-corrected chi connectivity index (χ4v) is 3.48. The lowest BCUT2D eigenvalue weighted by atomic mass is 10.1. The molecule has 2 rings (SSSR count). The maximum absolute atomic E-state index is 5.71. The molecule has 0 aliphatic carbocycles. The van der Waals surface area contributed by atoms with E-state index in [9.17, 15) is 0 Å². The molecule has 2 nitrogen and oxygen atoms in total. The summed E-state index contributed by atoms with van der Waals surface area (Å²) in [5.74, 6) is 1.23. The number of rotatable bonds is 2.